The van der Waals surface area contributed by atoms with Gasteiger partial charge in [-0.25, -0.2) is 12.9 Å². The number of hydrogen-bond acceptors (Lipinski definition) is 5. The van der Waals surface area contributed by atoms with Crippen LogP contribution in [0, 0.1) is 5.82 Å². The number of nitrogens with zero attached hydrogens (tertiary/aromatic N) is 2. The van der Waals surface area contributed by atoms with Gasteiger partial charge in [0.15, 0.2) is 0 Å². The van der Waals surface area contributed by atoms with Crippen LogP contribution in [0.5, 0.6) is 5.75 Å². The van der Waals surface area contributed by atoms with E-state index < -0.39 is 16.8 Å². The standard InChI is InChI=1S/C22H34FN3O3S2/c1-4-13-31(28)26-11-9-25(10-12-26)22(7-5-6-8-22)16-24-21(27)20-18(29-2)14-17(23)15-19(20)30-3/h14-15H,4-13,16H2,1-3H3,(H,24,27). The lowest BCUT2D eigenvalue weighted by Crippen LogP contribution is -2.60. The molecule has 1 saturated carbocycles. The molecule has 1 aliphatic carbocycles. The van der Waals surface area contributed by atoms with Crippen LogP contribution in [0.3, 0.4) is 0 Å². The molecule has 1 amide bonds. The Morgan fingerprint density at radius 1 is 1.26 bits per heavy atom. The molecule has 1 unspecified atom stereocenters. The molecule has 0 bridgehead atoms. The van der Waals surface area contributed by atoms with E-state index in [0.717, 1.165) is 64.0 Å². The fourth-order valence-corrected chi connectivity index (χ4v) is 6.55. The number of nitrogens with one attached hydrogen (secondary N) is 1. The van der Waals surface area contributed by atoms with Gasteiger partial charge >= 0.3 is 0 Å². The quantitative estimate of drug-likeness (QED) is 0.560. The highest BCUT2D eigenvalue weighted by Crippen LogP contribution is 2.36. The molecule has 1 atom stereocenters. The van der Waals surface area contributed by atoms with Crippen molar-refractivity contribution in [2.45, 2.75) is 49.5 Å². The largest absolute Gasteiger partial charge is 0.496 e. The van der Waals surface area contributed by atoms with Crippen LogP contribution in [-0.2, 0) is 11.0 Å². The second-order valence-electron chi connectivity index (χ2n) is 8.24. The van der Waals surface area contributed by atoms with E-state index >= 15 is 0 Å². The average molecular weight is 472 g/mol. The third-order valence-electron chi connectivity index (χ3n) is 6.39. The number of carbonyl (C=O) groups is 1. The zero-order valence-corrected chi connectivity index (χ0v) is 20.4. The summed E-state index contributed by atoms with van der Waals surface area (Å²) in [6.45, 7) is 5.93. The first kappa shape index (κ1) is 24.5. The highest BCUT2D eigenvalue weighted by Gasteiger charge is 2.41. The second-order valence-corrected chi connectivity index (χ2v) is 10.7. The smallest absolute Gasteiger partial charge is 0.256 e. The van der Waals surface area contributed by atoms with Crippen molar-refractivity contribution in [1.29, 1.82) is 0 Å². The minimum atomic E-state index is -0.892. The predicted molar refractivity (Wildman–Crippen MR) is 125 cm³/mol. The summed E-state index contributed by atoms with van der Waals surface area (Å²) in [5.41, 5.74) is 0.324. The minimum absolute atomic E-state index is 0.0687. The number of halogens is 1. The molecule has 1 N–H and O–H groups in total. The zero-order valence-electron chi connectivity index (χ0n) is 18.7. The topological polar surface area (TPSA) is 61.9 Å². The molecule has 174 valence electrons. The van der Waals surface area contributed by atoms with Crippen LogP contribution in [0.2, 0.25) is 0 Å². The highest BCUT2D eigenvalue weighted by molar-refractivity contribution is 7.98. The van der Waals surface area contributed by atoms with Crippen molar-refractivity contribution in [3.05, 3.63) is 23.5 Å². The van der Waals surface area contributed by atoms with Gasteiger partial charge in [-0.15, -0.1) is 11.8 Å². The fraction of sp³-hybridized carbons (Fsp3) is 0.682. The molecule has 31 heavy (non-hydrogen) atoms. The van der Waals surface area contributed by atoms with Crippen molar-refractivity contribution < 1.29 is 18.1 Å². The van der Waals surface area contributed by atoms with Crippen LogP contribution in [-0.4, -0.2) is 76.7 Å². The lowest BCUT2D eigenvalue weighted by molar-refractivity contribution is 0.0549. The number of amides is 1. The van der Waals surface area contributed by atoms with E-state index in [1.807, 2.05) is 6.26 Å². The van der Waals surface area contributed by atoms with E-state index in [-0.39, 0.29) is 17.2 Å². The Morgan fingerprint density at radius 2 is 1.94 bits per heavy atom. The maximum Gasteiger partial charge on any atom is 0.256 e. The molecule has 1 aliphatic heterocycles. The number of thioether (sulfide) groups is 1. The van der Waals surface area contributed by atoms with Crippen LogP contribution in [0.25, 0.3) is 0 Å². The van der Waals surface area contributed by atoms with Crippen molar-refractivity contribution in [1.82, 2.24) is 14.5 Å². The first-order chi connectivity index (χ1) is 14.9. The summed E-state index contributed by atoms with van der Waals surface area (Å²) in [5.74, 6) is 0.339. The van der Waals surface area contributed by atoms with Gasteiger partial charge in [-0.05, 0) is 31.6 Å². The first-order valence-electron chi connectivity index (χ1n) is 11.0. The van der Waals surface area contributed by atoms with E-state index in [1.54, 1.807) is 0 Å². The minimum Gasteiger partial charge on any atom is -0.496 e. The van der Waals surface area contributed by atoms with Crippen molar-refractivity contribution in [2.75, 3.05) is 51.8 Å². The van der Waals surface area contributed by atoms with Gasteiger partial charge in [-0.2, -0.15) is 0 Å². The third-order valence-corrected chi connectivity index (χ3v) is 8.85. The summed E-state index contributed by atoms with van der Waals surface area (Å²) in [4.78, 5) is 16.2. The lowest BCUT2D eigenvalue weighted by atomic mass is 9.93. The Bertz CT molecular complexity index is 769. The number of methoxy groups -OCH3 is 1. The van der Waals surface area contributed by atoms with Crippen LogP contribution >= 0.6 is 11.8 Å². The summed E-state index contributed by atoms with van der Waals surface area (Å²) in [6, 6.07) is 2.64. The van der Waals surface area contributed by atoms with Gasteiger partial charge in [0.05, 0.1) is 23.7 Å². The molecule has 9 heteroatoms. The molecule has 2 fully saturated rings. The predicted octanol–water partition coefficient (Wildman–Crippen LogP) is 3.29. The number of rotatable bonds is 9. The van der Waals surface area contributed by atoms with E-state index in [0.29, 0.717) is 17.0 Å². The van der Waals surface area contributed by atoms with Gasteiger partial charge < -0.3 is 10.1 Å². The molecule has 0 aromatic heterocycles. The van der Waals surface area contributed by atoms with Gasteiger partial charge in [0.2, 0.25) is 0 Å². The fourth-order valence-electron chi connectivity index (χ4n) is 4.74. The Hall–Kier alpha value is -1.16. The van der Waals surface area contributed by atoms with Gasteiger partial charge in [0.1, 0.15) is 11.6 Å². The Morgan fingerprint density at radius 3 is 2.52 bits per heavy atom. The van der Waals surface area contributed by atoms with Crippen LogP contribution < -0.4 is 10.1 Å². The molecule has 1 heterocycles. The van der Waals surface area contributed by atoms with Crippen molar-refractivity contribution in [2.24, 2.45) is 0 Å². The molecule has 3 rings (SSSR count). The Balaban J connectivity index is 1.69. The number of hydrogen-bond donors (Lipinski definition) is 1. The second kappa shape index (κ2) is 11.1. The maximum atomic E-state index is 13.9. The lowest BCUT2D eigenvalue weighted by Gasteiger charge is -2.45. The molecule has 0 spiro atoms. The average Bonchev–Trinajstić information content (AvgIpc) is 3.27. The molecule has 6 nitrogen and oxygen atoms in total. The Labute approximate surface area is 191 Å². The molecular formula is C22H34FN3O3S2. The Kier molecular flexibility index (Phi) is 8.78. The number of benzene rings is 1. The summed E-state index contributed by atoms with van der Waals surface area (Å²) < 4.78 is 33.6. The van der Waals surface area contributed by atoms with Crippen LogP contribution in [0.4, 0.5) is 4.39 Å². The molecule has 1 saturated heterocycles. The summed E-state index contributed by atoms with van der Waals surface area (Å²) in [7, 11) is 0.563. The number of piperazine rings is 1. The monoisotopic (exact) mass is 471 g/mol. The van der Waals surface area contributed by atoms with E-state index in [1.165, 1.54) is 31.0 Å². The number of ether oxygens (including phenoxy) is 1. The SMILES string of the molecule is CCCS(=O)N1CCN(C2(CNC(=O)c3c(OC)cc(F)cc3SC)CCCC2)CC1. The number of carbonyl (C=O) groups excluding carboxylic acids is 1. The van der Waals surface area contributed by atoms with Gasteiger partial charge in [-0.3, -0.25) is 9.69 Å². The van der Waals surface area contributed by atoms with Gasteiger partial charge in [0, 0.05) is 55.0 Å². The normalized spacial score (nSPS) is 20.5. The molecular weight excluding hydrogens is 437 g/mol. The summed E-state index contributed by atoms with van der Waals surface area (Å²) in [5, 5.41) is 3.13. The van der Waals surface area contributed by atoms with Gasteiger partial charge in [-0.1, -0.05) is 19.8 Å². The first-order valence-corrected chi connectivity index (χ1v) is 13.5. The van der Waals surface area contributed by atoms with E-state index in [2.05, 4.69) is 21.4 Å². The zero-order chi connectivity index (χ0) is 22.4. The molecule has 1 aromatic carbocycles. The van der Waals surface area contributed by atoms with Gasteiger partial charge in [0.25, 0.3) is 5.91 Å². The van der Waals surface area contributed by atoms with Crippen LogP contribution in [0.1, 0.15) is 49.4 Å². The molecule has 1 aromatic rings. The molecule has 0 radical (unpaired) electrons. The van der Waals surface area contributed by atoms with Crippen molar-refractivity contribution >= 4 is 28.7 Å². The highest BCUT2D eigenvalue weighted by atomic mass is 32.2. The van der Waals surface area contributed by atoms with E-state index in [4.69, 9.17) is 4.74 Å². The summed E-state index contributed by atoms with van der Waals surface area (Å²) >= 11 is 1.33. The maximum absolute atomic E-state index is 13.9. The van der Waals surface area contributed by atoms with Crippen LogP contribution in [0.15, 0.2) is 17.0 Å². The summed E-state index contributed by atoms with van der Waals surface area (Å²) in [6.07, 6.45) is 7.13. The van der Waals surface area contributed by atoms with Crippen molar-refractivity contribution in [3.63, 3.8) is 0 Å². The van der Waals surface area contributed by atoms with Crippen molar-refractivity contribution in [3.8, 4) is 5.75 Å². The van der Waals surface area contributed by atoms with E-state index in [9.17, 15) is 13.4 Å². The third kappa shape index (κ3) is 5.61. The molecule has 2 aliphatic rings.